The van der Waals surface area contributed by atoms with E-state index in [4.69, 9.17) is 5.73 Å². The lowest BCUT2D eigenvalue weighted by Gasteiger charge is -2.41. The van der Waals surface area contributed by atoms with E-state index in [-0.39, 0.29) is 5.54 Å². The highest BCUT2D eigenvalue weighted by Gasteiger charge is 2.35. The van der Waals surface area contributed by atoms with Crippen molar-refractivity contribution in [1.29, 1.82) is 0 Å². The Morgan fingerprint density at radius 1 is 1.14 bits per heavy atom. The van der Waals surface area contributed by atoms with Gasteiger partial charge >= 0.3 is 0 Å². The van der Waals surface area contributed by atoms with E-state index in [1.54, 1.807) is 0 Å². The van der Waals surface area contributed by atoms with Crippen molar-refractivity contribution < 1.29 is 0 Å². The Balaban J connectivity index is 2.20. The second-order valence-electron chi connectivity index (χ2n) is 7.33. The van der Waals surface area contributed by atoms with Crippen molar-refractivity contribution in [1.82, 2.24) is 5.32 Å². The summed E-state index contributed by atoms with van der Waals surface area (Å²) in [6.45, 7) is 11.1. The normalized spacial score (nSPS) is 22.1. The maximum atomic E-state index is 6.23. The molecule has 1 aliphatic carbocycles. The highest BCUT2D eigenvalue weighted by atomic mass is 15.0. The number of nitrogens with two attached hydrogens (primary N) is 1. The molecular formula is C19H32N2. The Hall–Kier alpha value is -0.860. The average molecular weight is 288 g/mol. The number of aryl methyl sites for hydroxylation is 1. The van der Waals surface area contributed by atoms with Crippen molar-refractivity contribution in [3.63, 3.8) is 0 Å². The lowest BCUT2D eigenvalue weighted by atomic mass is 9.75. The summed E-state index contributed by atoms with van der Waals surface area (Å²) in [4.78, 5) is 0. The summed E-state index contributed by atoms with van der Waals surface area (Å²) in [5.74, 6) is 2.10. The molecule has 1 aromatic rings. The van der Waals surface area contributed by atoms with E-state index in [0.717, 1.165) is 13.0 Å². The minimum absolute atomic E-state index is 0.0170. The van der Waals surface area contributed by atoms with Gasteiger partial charge in [-0.05, 0) is 54.7 Å². The standard InChI is InChI=1S/C19H32N2/c1-14(2)17(15(3)4)12-21-19(13-20)11-7-9-16-8-5-6-10-18(16)19/h5-6,8,10,14-15,17,21H,7,9,11-13,20H2,1-4H3. The molecule has 3 N–H and O–H groups in total. The maximum absolute atomic E-state index is 6.23. The monoisotopic (exact) mass is 288 g/mol. The average Bonchev–Trinajstić information content (AvgIpc) is 2.46. The van der Waals surface area contributed by atoms with E-state index < -0.39 is 0 Å². The predicted octanol–water partition coefficient (Wildman–Crippen LogP) is 3.69. The SMILES string of the molecule is CC(C)C(CNC1(CN)CCCc2ccccc21)C(C)C. The van der Waals surface area contributed by atoms with E-state index in [1.165, 1.54) is 24.0 Å². The fourth-order valence-electron chi connectivity index (χ4n) is 3.94. The first-order valence-electron chi connectivity index (χ1n) is 8.53. The number of nitrogens with one attached hydrogen (secondary N) is 1. The molecule has 2 nitrogen and oxygen atoms in total. The molecule has 0 saturated carbocycles. The van der Waals surface area contributed by atoms with Crippen LogP contribution in [0.5, 0.6) is 0 Å². The fourth-order valence-corrected chi connectivity index (χ4v) is 3.94. The topological polar surface area (TPSA) is 38.0 Å². The van der Waals surface area contributed by atoms with Gasteiger partial charge in [0, 0.05) is 6.54 Å². The van der Waals surface area contributed by atoms with Crippen LogP contribution < -0.4 is 11.1 Å². The zero-order chi connectivity index (χ0) is 15.5. The molecule has 0 aromatic heterocycles. The highest BCUT2D eigenvalue weighted by Crippen LogP contribution is 2.35. The number of fused-ring (bicyclic) bond motifs is 1. The van der Waals surface area contributed by atoms with Gasteiger partial charge in [0.25, 0.3) is 0 Å². The number of hydrogen-bond donors (Lipinski definition) is 2. The quantitative estimate of drug-likeness (QED) is 0.837. The molecule has 0 amide bonds. The van der Waals surface area contributed by atoms with Gasteiger partial charge in [0.1, 0.15) is 0 Å². The molecule has 0 fully saturated rings. The van der Waals surface area contributed by atoms with Crippen LogP contribution in [-0.4, -0.2) is 13.1 Å². The van der Waals surface area contributed by atoms with Crippen LogP contribution in [0.2, 0.25) is 0 Å². The molecular weight excluding hydrogens is 256 g/mol. The summed E-state index contributed by atoms with van der Waals surface area (Å²) in [6.07, 6.45) is 3.58. The first kappa shape index (κ1) is 16.5. The van der Waals surface area contributed by atoms with Gasteiger partial charge in [-0.2, -0.15) is 0 Å². The summed E-state index contributed by atoms with van der Waals surface area (Å²) in [5, 5.41) is 3.88. The summed E-state index contributed by atoms with van der Waals surface area (Å²) in [7, 11) is 0. The Bertz CT molecular complexity index is 445. The highest BCUT2D eigenvalue weighted by molar-refractivity contribution is 5.36. The molecule has 21 heavy (non-hydrogen) atoms. The van der Waals surface area contributed by atoms with Crippen molar-refractivity contribution >= 4 is 0 Å². The van der Waals surface area contributed by atoms with Crippen LogP contribution in [0.4, 0.5) is 0 Å². The molecule has 1 unspecified atom stereocenters. The van der Waals surface area contributed by atoms with Gasteiger partial charge in [-0.3, -0.25) is 0 Å². The Labute approximate surface area is 130 Å². The molecule has 1 aromatic carbocycles. The van der Waals surface area contributed by atoms with Crippen LogP contribution in [0.1, 0.15) is 51.7 Å². The fraction of sp³-hybridized carbons (Fsp3) is 0.684. The van der Waals surface area contributed by atoms with E-state index >= 15 is 0 Å². The van der Waals surface area contributed by atoms with E-state index in [2.05, 4.69) is 57.3 Å². The Kier molecular flexibility index (Phi) is 5.45. The molecule has 0 aliphatic heterocycles. The number of benzene rings is 1. The zero-order valence-electron chi connectivity index (χ0n) is 14.2. The molecule has 1 atom stereocenters. The third-order valence-electron chi connectivity index (χ3n) is 5.32. The van der Waals surface area contributed by atoms with Crippen LogP contribution in [-0.2, 0) is 12.0 Å². The van der Waals surface area contributed by atoms with Crippen LogP contribution >= 0.6 is 0 Å². The summed E-state index contributed by atoms with van der Waals surface area (Å²) >= 11 is 0. The molecule has 0 spiro atoms. The van der Waals surface area contributed by atoms with Gasteiger partial charge in [0.15, 0.2) is 0 Å². The second kappa shape index (κ2) is 6.93. The third kappa shape index (κ3) is 3.49. The van der Waals surface area contributed by atoms with Gasteiger partial charge in [0.05, 0.1) is 5.54 Å². The molecule has 2 heteroatoms. The van der Waals surface area contributed by atoms with Crippen LogP contribution in [0.25, 0.3) is 0 Å². The summed E-state index contributed by atoms with van der Waals surface area (Å²) < 4.78 is 0. The minimum atomic E-state index is -0.0170. The summed E-state index contributed by atoms with van der Waals surface area (Å²) in [5.41, 5.74) is 9.13. The minimum Gasteiger partial charge on any atom is -0.328 e. The van der Waals surface area contributed by atoms with Gasteiger partial charge in [0.2, 0.25) is 0 Å². The van der Waals surface area contributed by atoms with Crippen LogP contribution in [0.3, 0.4) is 0 Å². The maximum Gasteiger partial charge on any atom is 0.0561 e. The smallest absolute Gasteiger partial charge is 0.0561 e. The van der Waals surface area contributed by atoms with E-state index in [1.807, 2.05) is 0 Å². The van der Waals surface area contributed by atoms with Crippen LogP contribution in [0.15, 0.2) is 24.3 Å². The first-order chi connectivity index (χ1) is 10.00. The number of hydrogen-bond acceptors (Lipinski definition) is 2. The molecule has 118 valence electrons. The number of rotatable bonds is 6. The van der Waals surface area contributed by atoms with Crippen molar-refractivity contribution in [2.75, 3.05) is 13.1 Å². The van der Waals surface area contributed by atoms with Gasteiger partial charge < -0.3 is 11.1 Å². The van der Waals surface area contributed by atoms with E-state index in [0.29, 0.717) is 24.3 Å². The zero-order valence-corrected chi connectivity index (χ0v) is 14.2. The molecule has 0 radical (unpaired) electrons. The van der Waals surface area contributed by atoms with Crippen LogP contribution in [0, 0.1) is 17.8 Å². The van der Waals surface area contributed by atoms with Crippen molar-refractivity contribution in [3.05, 3.63) is 35.4 Å². The van der Waals surface area contributed by atoms with Gasteiger partial charge in [-0.15, -0.1) is 0 Å². The van der Waals surface area contributed by atoms with Crippen molar-refractivity contribution in [2.24, 2.45) is 23.5 Å². The van der Waals surface area contributed by atoms with Crippen molar-refractivity contribution in [3.8, 4) is 0 Å². The lowest BCUT2D eigenvalue weighted by molar-refractivity contribution is 0.216. The molecule has 0 bridgehead atoms. The predicted molar refractivity (Wildman–Crippen MR) is 91.3 cm³/mol. The Morgan fingerprint density at radius 2 is 1.81 bits per heavy atom. The molecule has 0 saturated heterocycles. The second-order valence-corrected chi connectivity index (χ2v) is 7.33. The molecule has 2 rings (SSSR count). The Morgan fingerprint density at radius 3 is 2.43 bits per heavy atom. The van der Waals surface area contributed by atoms with Gasteiger partial charge in [-0.1, -0.05) is 52.0 Å². The third-order valence-corrected chi connectivity index (χ3v) is 5.32. The molecule has 0 heterocycles. The van der Waals surface area contributed by atoms with Gasteiger partial charge in [-0.25, -0.2) is 0 Å². The molecule has 1 aliphatic rings. The van der Waals surface area contributed by atoms with Crippen molar-refractivity contribution in [2.45, 2.75) is 52.5 Å². The van der Waals surface area contributed by atoms with E-state index in [9.17, 15) is 0 Å². The largest absolute Gasteiger partial charge is 0.328 e. The summed E-state index contributed by atoms with van der Waals surface area (Å²) in [6, 6.07) is 8.84. The first-order valence-corrected chi connectivity index (χ1v) is 8.53. The lowest BCUT2D eigenvalue weighted by Crippen LogP contribution is -2.52.